The van der Waals surface area contributed by atoms with Crippen molar-refractivity contribution in [3.05, 3.63) is 0 Å². The lowest BCUT2D eigenvalue weighted by Crippen LogP contribution is -2.34. The van der Waals surface area contributed by atoms with Gasteiger partial charge in [-0.05, 0) is 25.7 Å². The second-order valence-corrected chi connectivity index (χ2v) is 4.49. The molecule has 90 valence electrons. The van der Waals surface area contributed by atoms with Crippen LogP contribution in [0.3, 0.4) is 0 Å². The molecule has 1 aliphatic rings. The van der Waals surface area contributed by atoms with E-state index in [-0.39, 0.29) is 12.0 Å². The Labute approximate surface area is 92.8 Å². The second-order valence-electron chi connectivity index (χ2n) is 4.49. The van der Waals surface area contributed by atoms with E-state index in [1.165, 1.54) is 6.42 Å². The molecule has 0 bridgehead atoms. The number of unbranched alkanes of at least 4 members (excludes halogenated alkanes) is 1. The molecule has 0 amide bonds. The molecule has 3 heteroatoms. The van der Waals surface area contributed by atoms with Crippen LogP contribution in [0.2, 0.25) is 0 Å². The second kappa shape index (κ2) is 7.20. The van der Waals surface area contributed by atoms with Gasteiger partial charge in [-0.2, -0.15) is 0 Å². The third-order valence-electron chi connectivity index (χ3n) is 3.31. The van der Waals surface area contributed by atoms with Crippen LogP contribution < -0.4 is 0 Å². The van der Waals surface area contributed by atoms with Crippen molar-refractivity contribution in [1.82, 2.24) is 0 Å². The summed E-state index contributed by atoms with van der Waals surface area (Å²) < 4.78 is 10.9. The van der Waals surface area contributed by atoms with Crippen LogP contribution in [0, 0.1) is 5.41 Å². The molecule has 0 radical (unpaired) electrons. The normalized spacial score (nSPS) is 20.4. The van der Waals surface area contributed by atoms with E-state index in [0.717, 1.165) is 52.1 Å². The molecule has 0 unspecified atom stereocenters. The van der Waals surface area contributed by atoms with Gasteiger partial charge in [-0.1, -0.05) is 13.3 Å². The van der Waals surface area contributed by atoms with Gasteiger partial charge in [-0.15, -0.1) is 0 Å². The highest BCUT2D eigenvalue weighted by atomic mass is 16.5. The van der Waals surface area contributed by atoms with Crippen molar-refractivity contribution >= 4 is 0 Å². The van der Waals surface area contributed by atoms with E-state index in [4.69, 9.17) is 9.47 Å². The predicted octanol–water partition coefficient (Wildman–Crippen LogP) is 1.98. The smallest absolute Gasteiger partial charge is 0.0489 e. The van der Waals surface area contributed by atoms with Crippen LogP contribution in [-0.2, 0) is 9.47 Å². The zero-order valence-electron chi connectivity index (χ0n) is 9.83. The van der Waals surface area contributed by atoms with Crippen LogP contribution in [-0.4, -0.2) is 38.1 Å². The highest BCUT2D eigenvalue weighted by Crippen LogP contribution is 2.33. The van der Waals surface area contributed by atoms with Crippen LogP contribution in [0.1, 0.15) is 39.0 Å². The van der Waals surface area contributed by atoms with Gasteiger partial charge in [0.15, 0.2) is 0 Å². The topological polar surface area (TPSA) is 38.7 Å². The monoisotopic (exact) mass is 216 g/mol. The molecule has 1 aliphatic heterocycles. The summed E-state index contributed by atoms with van der Waals surface area (Å²) >= 11 is 0. The van der Waals surface area contributed by atoms with Crippen LogP contribution >= 0.6 is 0 Å². The number of aliphatic hydroxyl groups excluding tert-OH is 1. The number of aliphatic hydroxyl groups is 1. The van der Waals surface area contributed by atoms with E-state index in [1.807, 2.05) is 0 Å². The van der Waals surface area contributed by atoms with Gasteiger partial charge in [-0.25, -0.2) is 0 Å². The van der Waals surface area contributed by atoms with Gasteiger partial charge in [0.25, 0.3) is 0 Å². The number of ether oxygens (including phenoxy) is 2. The molecule has 0 aliphatic carbocycles. The lowest BCUT2D eigenvalue weighted by Gasteiger charge is -2.35. The molecular formula is C12H24O3. The maximum atomic E-state index is 9.43. The Morgan fingerprint density at radius 3 is 2.60 bits per heavy atom. The van der Waals surface area contributed by atoms with Crippen LogP contribution in [0.25, 0.3) is 0 Å². The lowest BCUT2D eigenvalue weighted by molar-refractivity contribution is -0.0349. The van der Waals surface area contributed by atoms with E-state index in [1.54, 1.807) is 0 Å². The van der Waals surface area contributed by atoms with Crippen LogP contribution in [0.5, 0.6) is 0 Å². The number of hydrogen-bond acceptors (Lipinski definition) is 3. The summed E-state index contributed by atoms with van der Waals surface area (Å²) in [6, 6.07) is 0. The fourth-order valence-electron chi connectivity index (χ4n) is 1.93. The van der Waals surface area contributed by atoms with E-state index in [0.29, 0.717) is 0 Å². The van der Waals surface area contributed by atoms with Crippen LogP contribution in [0.15, 0.2) is 0 Å². The molecule has 0 aromatic heterocycles. The first-order chi connectivity index (χ1) is 7.33. The first kappa shape index (κ1) is 12.9. The number of rotatable bonds is 7. The summed E-state index contributed by atoms with van der Waals surface area (Å²) in [5, 5.41) is 9.43. The third kappa shape index (κ3) is 4.49. The maximum absolute atomic E-state index is 9.43. The molecule has 1 rings (SSSR count). The molecular weight excluding hydrogens is 192 g/mol. The van der Waals surface area contributed by atoms with Gasteiger partial charge in [-0.3, -0.25) is 0 Å². The van der Waals surface area contributed by atoms with Gasteiger partial charge in [0.1, 0.15) is 0 Å². The summed E-state index contributed by atoms with van der Waals surface area (Å²) in [7, 11) is 0. The van der Waals surface area contributed by atoms with Crippen molar-refractivity contribution in [1.29, 1.82) is 0 Å². The first-order valence-corrected chi connectivity index (χ1v) is 6.09. The molecule has 15 heavy (non-hydrogen) atoms. The van der Waals surface area contributed by atoms with Gasteiger partial charge < -0.3 is 14.6 Å². The largest absolute Gasteiger partial charge is 0.396 e. The van der Waals surface area contributed by atoms with Crippen molar-refractivity contribution in [2.45, 2.75) is 39.0 Å². The van der Waals surface area contributed by atoms with E-state index in [2.05, 4.69) is 6.92 Å². The Hall–Kier alpha value is -0.120. The Bertz CT molecular complexity index is 153. The molecule has 1 fully saturated rings. The maximum Gasteiger partial charge on any atom is 0.0489 e. The fourth-order valence-corrected chi connectivity index (χ4v) is 1.93. The Balaban J connectivity index is 2.15. The standard InChI is InChI=1S/C12H24O3/c1-2-3-7-14-8-4-12(11-13)5-9-15-10-6-12/h13H,2-11H2,1H3. The fraction of sp³-hybridized carbons (Fsp3) is 1.00. The van der Waals surface area contributed by atoms with E-state index >= 15 is 0 Å². The molecule has 0 spiro atoms. The zero-order valence-corrected chi connectivity index (χ0v) is 9.83. The van der Waals surface area contributed by atoms with Gasteiger partial charge >= 0.3 is 0 Å². The first-order valence-electron chi connectivity index (χ1n) is 6.09. The molecule has 1 heterocycles. The molecule has 0 aromatic carbocycles. The van der Waals surface area contributed by atoms with Crippen molar-refractivity contribution in [3.8, 4) is 0 Å². The van der Waals surface area contributed by atoms with Gasteiger partial charge in [0.2, 0.25) is 0 Å². The summed E-state index contributed by atoms with van der Waals surface area (Å²) in [5.74, 6) is 0. The minimum atomic E-state index is 0.0739. The zero-order chi connectivity index (χ0) is 11.0. The Morgan fingerprint density at radius 2 is 2.00 bits per heavy atom. The summed E-state index contributed by atoms with van der Waals surface area (Å²) in [6.07, 6.45) is 5.23. The quantitative estimate of drug-likeness (QED) is 0.661. The minimum absolute atomic E-state index is 0.0739. The molecule has 0 saturated carbocycles. The van der Waals surface area contributed by atoms with Crippen molar-refractivity contribution in [2.75, 3.05) is 33.0 Å². The Kier molecular flexibility index (Phi) is 6.22. The predicted molar refractivity (Wildman–Crippen MR) is 59.9 cm³/mol. The van der Waals surface area contributed by atoms with E-state index in [9.17, 15) is 5.11 Å². The average molecular weight is 216 g/mol. The summed E-state index contributed by atoms with van der Waals surface area (Å²) in [5.41, 5.74) is 0.0739. The van der Waals surface area contributed by atoms with Gasteiger partial charge in [0, 0.05) is 38.4 Å². The molecule has 1 N–H and O–H groups in total. The molecule has 0 atom stereocenters. The Morgan fingerprint density at radius 1 is 1.27 bits per heavy atom. The summed E-state index contributed by atoms with van der Waals surface area (Å²) in [4.78, 5) is 0. The molecule has 3 nitrogen and oxygen atoms in total. The van der Waals surface area contributed by atoms with Gasteiger partial charge in [0.05, 0.1) is 0 Å². The minimum Gasteiger partial charge on any atom is -0.396 e. The van der Waals surface area contributed by atoms with Crippen molar-refractivity contribution < 1.29 is 14.6 Å². The average Bonchev–Trinajstić information content (AvgIpc) is 2.30. The number of hydrogen-bond donors (Lipinski definition) is 1. The van der Waals surface area contributed by atoms with Crippen molar-refractivity contribution in [2.24, 2.45) is 5.41 Å². The SMILES string of the molecule is CCCCOCCC1(CO)CCOCC1. The third-order valence-corrected chi connectivity index (χ3v) is 3.31. The molecule has 1 saturated heterocycles. The summed E-state index contributed by atoms with van der Waals surface area (Å²) in [6.45, 7) is 5.64. The van der Waals surface area contributed by atoms with Crippen molar-refractivity contribution in [3.63, 3.8) is 0 Å². The van der Waals surface area contributed by atoms with Crippen LogP contribution in [0.4, 0.5) is 0 Å². The van der Waals surface area contributed by atoms with E-state index < -0.39 is 0 Å². The molecule has 0 aromatic rings. The highest BCUT2D eigenvalue weighted by molar-refractivity contribution is 4.80. The highest BCUT2D eigenvalue weighted by Gasteiger charge is 2.31. The lowest BCUT2D eigenvalue weighted by atomic mass is 9.78.